The van der Waals surface area contributed by atoms with Crippen LogP contribution in [0.4, 0.5) is 4.39 Å². The molecule has 2 heterocycles. The summed E-state index contributed by atoms with van der Waals surface area (Å²) in [5.41, 5.74) is 5.35. The minimum Gasteiger partial charge on any atom is -0.388 e. The minimum atomic E-state index is -0.552. The number of halogens is 1. The molecule has 0 aliphatic rings. The molecule has 0 spiro atoms. The Kier molecular flexibility index (Phi) is 5.26. The monoisotopic (exact) mass is 373 g/mol. The first-order chi connectivity index (χ1) is 13.7. The van der Waals surface area contributed by atoms with Crippen molar-refractivity contribution in [2.45, 2.75) is 18.9 Å². The number of aromatic amines is 1. The molecule has 4 aromatic rings. The van der Waals surface area contributed by atoms with E-state index in [1.54, 1.807) is 24.5 Å². The van der Waals surface area contributed by atoms with E-state index in [-0.39, 0.29) is 5.82 Å². The molecule has 0 aliphatic heterocycles. The quantitative estimate of drug-likeness (QED) is 0.503. The van der Waals surface area contributed by atoms with Gasteiger partial charge in [-0.05, 0) is 60.4 Å². The van der Waals surface area contributed by atoms with Gasteiger partial charge in [0.05, 0.1) is 6.10 Å². The van der Waals surface area contributed by atoms with E-state index in [4.69, 9.17) is 0 Å². The highest BCUT2D eigenvalue weighted by atomic mass is 19.1. The van der Waals surface area contributed by atoms with Crippen LogP contribution in [0.25, 0.3) is 22.4 Å². The highest BCUT2D eigenvalue weighted by Crippen LogP contribution is 2.34. The number of rotatable bonds is 6. The highest BCUT2D eigenvalue weighted by Gasteiger charge is 2.18. The zero-order valence-electron chi connectivity index (χ0n) is 15.2. The standard InChI is InChI=1S/C23H20FN3O/c24-19-8-6-18(7-9-19)23-22(17-12-14-25-15-13-17)20(26-27-23)10-11-21(28)16-4-2-1-3-5-16/h1-9,12-15,21,28H,10-11H2,(H,26,27). The summed E-state index contributed by atoms with van der Waals surface area (Å²) in [6.45, 7) is 0. The third kappa shape index (κ3) is 3.85. The number of benzene rings is 2. The Morgan fingerprint density at radius 2 is 1.61 bits per heavy atom. The molecule has 4 nitrogen and oxygen atoms in total. The summed E-state index contributed by atoms with van der Waals surface area (Å²) in [7, 11) is 0. The molecule has 0 bridgehead atoms. The van der Waals surface area contributed by atoms with Gasteiger partial charge in [-0.25, -0.2) is 4.39 Å². The van der Waals surface area contributed by atoms with Gasteiger partial charge in [0.2, 0.25) is 0 Å². The van der Waals surface area contributed by atoms with Gasteiger partial charge < -0.3 is 5.11 Å². The normalized spacial score (nSPS) is 12.1. The first kappa shape index (κ1) is 18.1. The van der Waals surface area contributed by atoms with Crippen molar-refractivity contribution >= 4 is 0 Å². The fraction of sp³-hybridized carbons (Fsp3) is 0.130. The molecule has 0 saturated carbocycles. The number of H-pyrrole nitrogens is 1. The fourth-order valence-corrected chi connectivity index (χ4v) is 3.33. The molecule has 2 aromatic carbocycles. The number of hydrogen-bond donors (Lipinski definition) is 2. The van der Waals surface area contributed by atoms with Crippen LogP contribution < -0.4 is 0 Å². The number of nitrogens with zero attached hydrogens (tertiary/aromatic N) is 2. The van der Waals surface area contributed by atoms with Crippen LogP contribution in [-0.4, -0.2) is 20.3 Å². The molecule has 28 heavy (non-hydrogen) atoms. The summed E-state index contributed by atoms with van der Waals surface area (Å²) in [5.74, 6) is -0.282. The van der Waals surface area contributed by atoms with Gasteiger partial charge in [0.15, 0.2) is 0 Å². The summed E-state index contributed by atoms with van der Waals surface area (Å²) >= 11 is 0. The van der Waals surface area contributed by atoms with E-state index in [1.165, 1.54) is 12.1 Å². The van der Waals surface area contributed by atoms with E-state index < -0.39 is 6.10 Å². The number of nitrogens with one attached hydrogen (secondary N) is 1. The molecule has 5 heteroatoms. The lowest BCUT2D eigenvalue weighted by Crippen LogP contribution is -2.00. The number of aromatic nitrogens is 3. The Morgan fingerprint density at radius 1 is 0.893 bits per heavy atom. The summed E-state index contributed by atoms with van der Waals surface area (Å²) in [6, 6.07) is 19.8. The van der Waals surface area contributed by atoms with Gasteiger partial charge in [-0.2, -0.15) is 5.10 Å². The molecule has 140 valence electrons. The zero-order chi connectivity index (χ0) is 19.3. The molecular weight excluding hydrogens is 353 g/mol. The molecule has 0 aliphatic carbocycles. The molecule has 0 saturated heterocycles. The largest absolute Gasteiger partial charge is 0.388 e. The SMILES string of the molecule is OC(CCc1[nH]nc(-c2ccc(F)cc2)c1-c1ccncc1)c1ccccc1. The van der Waals surface area contributed by atoms with Crippen molar-refractivity contribution in [1.82, 2.24) is 15.2 Å². The van der Waals surface area contributed by atoms with Crippen molar-refractivity contribution in [3.8, 4) is 22.4 Å². The van der Waals surface area contributed by atoms with E-state index in [2.05, 4.69) is 15.2 Å². The first-order valence-electron chi connectivity index (χ1n) is 9.19. The predicted molar refractivity (Wildman–Crippen MR) is 107 cm³/mol. The van der Waals surface area contributed by atoms with Crippen molar-refractivity contribution in [3.05, 3.63) is 96.2 Å². The molecule has 0 radical (unpaired) electrons. The maximum atomic E-state index is 13.3. The highest BCUT2D eigenvalue weighted by molar-refractivity contribution is 5.82. The lowest BCUT2D eigenvalue weighted by Gasteiger charge is -2.11. The third-order valence-electron chi connectivity index (χ3n) is 4.78. The van der Waals surface area contributed by atoms with Crippen LogP contribution in [0.5, 0.6) is 0 Å². The van der Waals surface area contributed by atoms with Gasteiger partial charge in [-0.15, -0.1) is 0 Å². The first-order valence-corrected chi connectivity index (χ1v) is 9.19. The van der Waals surface area contributed by atoms with Crippen LogP contribution in [0.1, 0.15) is 23.8 Å². The molecule has 2 aromatic heterocycles. The maximum absolute atomic E-state index is 13.3. The van der Waals surface area contributed by atoms with E-state index in [0.717, 1.165) is 33.6 Å². The van der Waals surface area contributed by atoms with E-state index in [0.29, 0.717) is 12.8 Å². The Morgan fingerprint density at radius 3 is 2.32 bits per heavy atom. The van der Waals surface area contributed by atoms with Crippen LogP contribution in [0, 0.1) is 5.82 Å². The molecule has 0 fully saturated rings. The summed E-state index contributed by atoms with van der Waals surface area (Å²) in [4.78, 5) is 4.09. The summed E-state index contributed by atoms with van der Waals surface area (Å²) in [6.07, 6.45) is 4.11. The Balaban J connectivity index is 1.66. The topological polar surface area (TPSA) is 61.8 Å². The van der Waals surface area contributed by atoms with Crippen molar-refractivity contribution in [1.29, 1.82) is 0 Å². The smallest absolute Gasteiger partial charge is 0.123 e. The van der Waals surface area contributed by atoms with Crippen LogP contribution in [0.15, 0.2) is 79.1 Å². The van der Waals surface area contributed by atoms with Crippen LogP contribution in [-0.2, 0) is 6.42 Å². The Labute approximate surface area is 162 Å². The number of hydrogen-bond acceptors (Lipinski definition) is 3. The van der Waals surface area contributed by atoms with Crippen molar-refractivity contribution in [2.24, 2.45) is 0 Å². The zero-order valence-corrected chi connectivity index (χ0v) is 15.2. The van der Waals surface area contributed by atoms with Gasteiger partial charge in [0, 0.05) is 29.2 Å². The van der Waals surface area contributed by atoms with Gasteiger partial charge in [0.1, 0.15) is 11.5 Å². The second-order valence-electron chi connectivity index (χ2n) is 6.63. The van der Waals surface area contributed by atoms with Crippen LogP contribution in [0.2, 0.25) is 0 Å². The molecule has 1 unspecified atom stereocenters. The molecule has 2 N–H and O–H groups in total. The van der Waals surface area contributed by atoms with E-state index >= 15 is 0 Å². The lowest BCUT2D eigenvalue weighted by atomic mass is 9.96. The van der Waals surface area contributed by atoms with Crippen LogP contribution >= 0.6 is 0 Å². The van der Waals surface area contributed by atoms with Gasteiger partial charge >= 0.3 is 0 Å². The second kappa shape index (κ2) is 8.15. The Hall–Kier alpha value is -3.31. The van der Waals surface area contributed by atoms with Gasteiger partial charge in [0.25, 0.3) is 0 Å². The number of aliphatic hydroxyl groups excluding tert-OH is 1. The molecular formula is C23H20FN3O. The van der Waals surface area contributed by atoms with Crippen molar-refractivity contribution < 1.29 is 9.50 Å². The predicted octanol–water partition coefficient (Wildman–Crippen LogP) is 4.94. The van der Waals surface area contributed by atoms with Crippen molar-refractivity contribution in [2.75, 3.05) is 0 Å². The van der Waals surface area contributed by atoms with Gasteiger partial charge in [-0.1, -0.05) is 30.3 Å². The minimum absolute atomic E-state index is 0.282. The summed E-state index contributed by atoms with van der Waals surface area (Å²) < 4.78 is 13.3. The average Bonchev–Trinajstić information content (AvgIpc) is 3.17. The Bertz CT molecular complexity index is 1030. The molecule has 4 rings (SSSR count). The fourth-order valence-electron chi connectivity index (χ4n) is 3.33. The van der Waals surface area contributed by atoms with E-state index in [1.807, 2.05) is 42.5 Å². The average molecular weight is 373 g/mol. The van der Waals surface area contributed by atoms with Crippen molar-refractivity contribution in [3.63, 3.8) is 0 Å². The van der Waals surface area contributed by atoms with Gasteiger partial charge in [-0.3, -0.25) is 10.1 Å². The molecule has 1 atom stereocenters. The molecule has 0 amide bonds. The number of aliphatic hydroxyl groups is 1. The number of pyridine rings is 1. The second-order valence-corrected chi connectivity index (χ2v) is 6.63. The van der Waals surface area contributed by atoms with Crippen LogP contribution in [0.3, 0.4) is 0 Å². The number of aryl methyl sites for hydroxylation is 1. The van der Waals surface area contributed by atoms with E-state index in [9.17, 15) is 9.50 Å². The maximum Gasteiger partial charge on any atom is 0.123 e. The summed E-state index contributed by atoms with van der Waals surface area (Å²) in [5, 5.41) is 18.1. The third-order valence-corrected chi connectivity index (χ3v) is 4.78. The lowest BCUT2D eigenvalue weighted by molar-refractivity contribution is 0.167.